The number of benzene rings is 1. The quantitative estimate of drug-likeness (QED) is 0.750. The van der Waals surface area contributed by atoms with Gasteiger partial charge in [-0.15, -0.1) is 0 Å². The van der Waals surface area contributed by atoms with Crippen LogP contribution in [0.3, 0.4) is 0 Å². The molecule has 1 aliphatic rings. The van der Waals surface area contributed by atoms with Crippen molar-refractivity contribution < 1.29 is 4.74 Å². The number of halogens is 1. The fourth-order valence-corrected chi connectivity index (χ4v) is 2.16. The van der Waals surface area contributed by atoms with Crippen LogP contribution < -0.4 is 4.74 Å². The van der Waals surface area contributed by atoms with E-state index >= 15 is 0 Å². The Balaban J connectivity index is 1.79. The summed E-state index contributed by atoms with van der Waals surface area (Å²) < 4.78 is 5.69. The molecule has 1 fully saturated rings. The lowest BCUT2D eigenvalue weighted by molar-refractivity contribution is 0.208. The van der Waals surface area contributed by atoms with Gasteiger partial charge < -0.3 is 4.74 Å². The van der Waals surface area contributed by atoms with Gasteiger partial charge in [0.05, 0.1) is 6.61 Å². The fraction of sp³-hybridized carbons (Fsp3) is 0.538. The van der Waals surface area contributed by atoms with Crippen molar-refractivity contribution in [1.29, 1.82) is 0 Å². The lowest BCUT2D eigenvalue weighted by atomic mass is 9.90. The van der Waals surface area contributed by atoms with E-state index in [1.165, 1.54) is 32.1 Å². The SMILES string of the molecule is Clc1c[c]c(OCC2CCCCC2)cc1. The number of ether oxygens (including phenoxy) is 1. The van der Waals surface area contributed by atoms with Crippen molar-refractivity contribution in [3.63, 3.8) is 0 Å². The minimum atomic E-state index is 0.708. The van der Waals surface area contributed by atoms with Gasteiger partial charge in [-0.3, -0.25) is 0 Å². The molecule has 0 heterocycles. The maximum absolute atomic E-state index is 5.77. The van der Waals surface area contributed by atoms with Crippen LogP contribution in [0.2, 0.25) is 5.02 Å². The van der Waals surface area contributed by atoms with E-state index in [2.05, 4.69) is 6.07 Å². The summed E-state index contributed by atoms with van der Waals surface area (Å²) in [5.74, 6) is 1.55. The molecule has 1 saturated carbocycles. The summed E-state index contributed by atoms with van der Waals surface area (Å²) in [5, 5.41) is 0.708. The molecule has 1 aliphatic carbocycles. The van der Waals surface area contributed by atoms with E-state index in [4.69, 9.17) is 16.3 Å². The third-order valence-corrected chi connectivity index (χ3v) is 3.18. The molecule has 1 radical (unpaired) electrons. The molecule has 1 aromatic rings. The van der Waals surface area contributed by atoms with Gasteiger partial charge in [-0.2, -0.15) is 0 Å². The molecule has 1 aromatic carbocycles. The summed E-state index contributed by atoms with van der Waals surface area (Å²) in [6.45, 7) is 0.831. The van der Waals surface area contributed by atoms with Crippen LogP contribution in [0.25, 0.3) is 0 Å². The van der Waals surface area contributed by atoms with Gasteiger partial charge in [0, 0.05) is 11.1 Å². The van der Waals surface area contributed by atoms with Crippen LogP contribution in [-0.2, 0) is 0 Å². The van der Waals surface area contributed by atoms with Crippen LogP contribution in [0.1, 0.15) is 32.1 Å². The summed E-state index contributed by atoms with van der Waals surface area (Å²) in [4.78, 5) is 0. The zero-order valence-electron chi connectivity index (χ0n) is 8.84. The van der Waals surface area contributed by atoms with Crippen molar-refractivity contribution in [3.8, 4) is 5.75 Å². The molecule has 2 rings (SSSR count). The molecule has 81 valence electrons. The summed E-state index contributed by atoms with van der Waals surface area (Å²) in [5.41, 5.74) is 0. The highest BCUT2D eigenvalue weighted by Crippen LogP contribution is 2.24. The van der Waals surface area contributed by atoms with Crippen molar-refractivity contribution in [2.24, 2.45) is 5.92 Å². The van der Waals surface area contributed by atoms with Gasteiger partial charge in [0.2, 0.25) is 0 Å². The third kappa shape index (κ3) is 3.42. The smallest absolute Gasteiger partial charge is 0.127 e. The average molecular weight is 224 g/mol. The molecule has 0 saturated heterocycles. The van der Waals surface area contributed by atoms with Gasteiger partial charge in [-0.25, -0.2) is 0 Å². The monoisotopic (exact) mass is 223 g/mol. The van der Waals surface area contributed by atoms with Gasteiger partial charge in [0.15, 0.2) is 0 Å². The Kier molecular flexibility index (Phi) is 3.90. The number of hydrogen-bond acceptors (Lipinski definition) is 1. The van der Waals surface area contributed by atoms with Crippen LogP contribution in [-0.4, -0.2) is 6.61 Å². The molecule has 0 N–H and O–H groups in total. The maximum atomic E-state index is 5.77. The van der Waals surface area contributed by atoms with E-state index in [-0.39, 0.29) is 0 Å². The van der Waals surface area contributed by atoms with Crippen LogP contribution in [0, 0.1) is 12.0 Å². The van der Waals surface area contributed by atoms with Crippen LogP contribution in [0.4, 0.5) is 0 Å². The zero-order valence-corrected chi connectivity index (χ0v) is 9.59. The lowest BCUT2D eigenvalue weighted by Gasteiger charge is -2.21. The zero-order chi connectivity index (χ0) is 10.5. The third-order valence-electron chi connectivity index (χ3n) is 2.95. The molecular weight excluding hydrogens is 208 g/mol. The van der Waals surface area contributed by atoms with Crippen molar-refractivity contribution in [1.82, 2.24) is 0 Å². The standard InChI is InChI=1S/C13H16ClO/c14-12-6-8-13(9-7-12)15-10-11-4-2-1-3-5-11/h6-8,11H,1-5,10H2. The first kappa shape index (κ1) is 10.8. The van der Waals surface area contributed by atoms with E-state index in [1.807, 2.05) is 12.1 Å². The number of rotatable bonds is 3. The summed E-state index contributed by atoms with van der Waals surface area (Å²) in [6, 6.07) is 8.49. The van der Waals surface area contributed by atoms with Crippen molar-refractivity contribution in [3.05, 3.63) is 29.3 Å². The molecule has 0 amide bonds. The Bertz CT molecular complexity index is 288. The second-order valence-electron chi connectivity index (χ2n) is 4.19. The van der Waals surface area contributed by atoms with Gasteiger partial charge in [0.25, 0.3) is 0 Å². The second kappa shape index (κ2) is 5.41. The molecule has 2 heteroatoms. The van der Waals surface area contributed by atoms with Gasteiger partial charge in [0.1, 0.15) is 5.75 Å². The number of hydrogen-bond donors (Lipinski definition) is 0. The van der Waals surface area contributed by atoms with E-state index in [1.54, 1.807) is 6.07 Å². The summed E-state index contributed by atoms with van der Waals surface area (Å²) in [6.07, 6.45) is 6.74. The fourth-order valence-electron chi connectivity index (χ4n) is 2.04. The van der Waals surface area contributed by atoms with Crippen molar-refractivity contribution in [2.75, 3.05) is 6.61 Å². The molecule has 15 heavy (non-hydrogen) atoms. The minimum absolute atomic E-state index is 0.708. The lowest BCUT2D eigenvalue weighted by Crippen LogP contribution is -2.15. The Hall–Kier alpha value is -0.690. The topological polar surface area (TPSA) is 9.23 Å². The van der Waals surface area contributed by atoms with Crippen molar-refractivity contribution in [2.45, 2.75) is 32.1 Å². The van der Waals surface area contributed by atoms with E-state index in [0.717, 1.165) is 18.3 Å². The molecule has 0 spiro atoms. The molecule has 0 aromatic heterocycles. The van der Waals surface area contributed by atoms with E-state index in [0.29, 0.717) is 5.02 Å². The van der Waals surface area contributed by atoms with E-state index in [9.17, 15) is 0 Å². The van der Waals surface area contributed by atoms with Gasteiger partial charge >= 0.3 is 0 Å². The molecule has 0 aliphatic heterocycles. The first-order valence-electron chi connectivity index (χ1n) is 5.64. The van der Waals surface area contributed by atoms with E-state index < -0.39 is 0 Å². The summed E-state index contributed by atoms with van der Waals surface area (Å²) in [7, 11) is 0. The van der Waals surface area contributed by atoms with Crippen molar-refractivity contribution >= 4 is 11.6 Å². The molecule has 1 nitrogen and oxygen atoms in total. The molecule has 0 unspecified atom stereocenters. The largest absolute Gasteiger partial charge is 0.493 e. The highest BCUT2D eigenvalue weighted by Gasteiger charge is 2.13. The first-order chi connectivity index (χ1) is 7.34. The predicted octanol–water partition coefficient (Wildman–Crippen LogP) is 4.10. The molecular formula is C13H16ClO. The molecule has 0 bridgehead atoms. The Morgan fingerprint density at radius 1 is 1.27 bits per heavy atom. The normalized spacial score (nSPS) is 17.7. The predicted molar refractivity (Wildman–Crippen MR) is 62.4 cm³/mol. The highest BCUT2D eigenvalue weighted by molar-refractivity contribution is 6.30. The van der Waals surface area contributed by atoms with Crippen LogP contribution in [0.5, 0.6) is 5.75 Å². The molecule has 0 atom stereocenters. The Morgan fingerprint density at radius 2 is 2.07 bits per heavy atom. The van der Waals surface area contributed by atoms with Gasteiger partial charge in [-0.05, 0) is 37.0 Å². The Morgan fingerprint density at radius 3 is 2.73 bits per heavy atom. The second-order valence-corrected chi connectivity index (χ2v) is 4.62. The van der Waals surface area contributed by atoms with Crippen LogP contribution >= 0.6 is 11.6 Å². The Labute approximate surface area is 96.4 Å². The highest BCUT2D eigenvalue weighted by atomic mass is 35.5. The first-order valence-corrected chi connectivity index (χ1v) is 6.02. The minimum Gasteiger partial charge on any atom is -0.493 e. The average Bonchev–Trinajstić information content (AvgIpc) is 2.30. The maximum Gasteiger partial charge on any atom is 0.127 e. The van der Waals surface area contributed by atoms with Gasteiger partial charge in [-0.1, -0.05) is 30.9 Å². The van der Waals surface area contributed by atoms with Crippen LogP contribution in [0.15, 0.2) is 18.2 Å². The summed E-state index contributed by atoms with van der Waals surface area (Å²) >= 11 is 5.77.